The molecule has 1 aromatic rings. The van der Waals surface area contributed by atoms with Crippen molar-refractivity contribution >= 4 is 23.2 Å². The van der Waals surface area contributed by atoms with Crippen molar-refractivity contribution in [2.24, 2.45) is 0 Å². The average molecular weight is 294 g/mol. The van der Waals surface area contributed by atoms with Crippen molar-refractivity contribution in [1.29, 1.82) is 0 Å². The molecule has 5 heteroatoms. The molecule has 0 spiro atoms. The molecule has 0 aromatic heterocycles. The Hall–Kier alpha value is -1.26. The molecule has 0 aliphatic carbocycles. The van der Waals surface area contributed by atoms with E-state index in [0.717, 1.165) is 43.9 Å². The van der Waals surface area contributed by atoms with Gasteiger partial charge in [0.25, 0.3) is 0 Å². The van der Waals surface area contributed by atoms with Gasteiger partial charge in [0, 0.05) is 29.8 Å². The summed E-state index contributed by atoms with van der Waals surface area (Å²) in [5, 5.41) is 7.16. The van der Waals surface area contributed by atoms with E-state index in [1.807, 2.05) is 24.3 Å². The second-order valence-electron chi connectivity index (χ2n) is 5.57. The highest BCUT2D eigenvalue weighted by Gasteiger charge is 2.28. The molecule has 2 saturated heterocycles. The lowest BCUT2D eigenvalue weighted by Crippen LogP contribution is -2.46. The molecule has 0 saturated carbocycles. The fourth-order valence-electron chi connectivity index (χ4n) is 2.97. The molecular formula is C15H20ClN3O. The summed E-state index contributed by atoms with van der Waals surface area (Å²) in [5.74, 6) is 0.158. The van der Waals surface area contributed by atoms with Gasteiger partial charge in [0.2, 0.25) is 5.91 Å². The van der Waals surface area contributed by atoms with Crippen LogP contribution in [-0.2, 0) is 4.79 Å². The fraction of sp³-hybridized carbons (Fsp3) is 0.533. The third-order valence-electron chi connectivity index (χ3n) is 4.10. The van der Waals surface area contributed by atoms with Gasteiger partial charge < -0.3 is 15.5 Å². The summed E-state index contributed by atoms with van der Waals surface area (Å²) in [7, 11) is 0. The topological polar surface area (TPSA) is 44.4 Å². The summed E-state index contributed by atoms with van der Waals surface area (Å²) >= 11 is 5.91. The van der Waals surface area contributed by atoms with Gasteiger partial charge in [-0.2, -0.15) is 0 Å². The zero-order valence-corrected chi connectivity index (χ0v) is 12.2. The molecule has 2 aliphatic heterocycles. The van der Waals surface area contributed by atoms with Gasteiger partial charge in [-0.3, -0.25) is 4.79 Å². The van der Waals surface area contributed by atoms with Gasteiger partial charge in [0.1, 0.15) is 0 Å². The van der Waals surface area contributed by atoms with E-state index in [9.17, 15) is 4.79 Å². The van der Waals surface area contributed by atoms with Crippen molar-refractivity contribution in [3.63, 3.8) is 0 Å². The summed E-state index contributed by atoms with van der Waals surface area (Å²) in [6, 6.07) is 8.15. The molecule has 2 fully saturated rings. The van der Waals surface area contributed by atoms with Crippen LogP contribution in [0.15, 0.2) is 24.3 Å². The Morgan fingerprint density at radius 1 is 1.30 bits per heavy atom. The van der Waals surface area contributed by atoms with Crippen molar-refractivity contribution < 1.29 is 4.79 Å². The van der Waals surface area contributed by atoms with E-state index in [0.29, 0.717) is 0 Å². The Balaban J connectivity index is 1.54. The highest BCUT2D eigenvalue weighted by atomic mass is 35.5. The smallest absolute Gasteiger partial charge is 0.237 e. The van der Waals surface area contributed by atoms with Crippen LogP contribution in [0.25, 0.3) is 0 Å². The van der Waals surface area contributed by atoms with E-state index in [-0.39, 0.29) is 18.0 Å². The van der Waals surface area contributed by atoms with Gasteiger partial charge in [-0.25, -0.2) is 0 Å². The first kappa shape index (κ1) is 13.7. The van der Waals surface area contributed by atoms with Crippen LogP contribution in [-0.4, -0.2) is 37.6 Å². The van der Waals surface area contributed by atoms with Crippen molar-refractivity contribution in [2.45, 2.75) is 31.3 Å². The summed E-state index contributed by atoms with van der Waals surface area (Å²) in [5.41, 5.74) is 1.17. The first-order chi connectivity index (χ1) is 9.72. The molecule has 3 rings (SSSR count). The molecule has 2 heterocycles. The van der Waals surface area contributed by atoms with Crippen LogP contribution in [0.3, 0.4) is 0 Å². The van der Waals surface area contributed by atoms with Gasteiger partial charge in [-0.1, -0.05) is 11.6 Å². The number of hydrogen-bond acceptors (Lipinski definition) is 3. The van der Waals surface area contributed by atoms with E-state index in [1.54, 1.807) is 0 Å². The molecular weight excluding hydrogens is 274 g/mol. The van der Waals surface area contributed by atoms with Crippen LogP contribution in [0.1, 0.15) is 19.3 Å². The molecule has 2 N–H and O–H groups in total. The zero-order chi connectivity index (χ0) is 13.9. The van der Waals surface area contributed by atoms with Gasteiger partial charge in [-0.15, -0.1) is 0 Å². The normalized spacial score (nSPS) is 25.9. The first-order valence-electron chi connectivity index (χ1n) is 7.26. The maximum Gasteiger partial charge on any atom is 0.237 e. The Labute approximate surface area is 124 Å². The monoisotopic (exact) mass is 293 g/mol. The summed E-state index contributed by atoms with van der Waals surface area (Å²) in [4.78, 5) is 14.4. The quantitative estimate of drug-likeness (QED) is 0.893. The van der Waals surface area contributed by atoms with E-state index < -0.39 is 0 Å². The first-order valence-corrected chi connectivity index (χ1v) is 7.64. The molecule has 1 aromatic carbocycles. The second kappa shape index (κ2) is 6.02. The Kier molecular flexibility index (Phi) is 4.13. The number of halogens is 1. The van der Waals surface area contributed by atoms with Crippen LogP contribution in [0.4, 0.5) is 5.69 Å². The zero-order valence-electron chi connectivity index (χ0n) is 11.4. The van der Waals surface area contributed by atoms with Crippen molar-refractivity contribution in [3.8, 4) is 0 Å². The molecule has 20 heavy (non-hydrogen) atoms. The number of benzene rings is 1. The molecule has 4 nitrogen and oxygen atoms in total. The van der Waals surface area contributed by atoms with Crippen molar-refractivity contribution in [1.82, 2.24) is 10.6 Å². The maximum atomic E-state index is 12.1. The molecule has 0 radical (unpaired) electrons. The summed E-state index contributed by atoms with van der Waals surface area (Å²) in [6.07, 6.45) is 3.06. The number of amides is 1. The van der Waals surface area contributed by atoms with Crippen molar-refractivity contribution in [2.75, 3.05) is 24.5 Å². The summed E-state index contributed by atoms with van der Waals surface area (Å²) in [6.45, 7) is 2.81. The van der Waals surface area contributed by atoms with Crippen LogP contribution in [0, 0.1) is 0 Å². The number of hydrogen-bond donors (Lipinski definition) is 2. The maximum absolute atomic E-state index is 12.1. The van der Waals surface area contributed by atoms with Crippen molar-refractivity contribution in [3.05, 3.63) is 29.3 Å². The molecule has 0 bridgehead atoms. The highest BCUT2D eigenvalue weighted by molar-refractivity contribution is 6.30. The van der Waals surface area contributed by atoms with Crippen LogP contribution in [0.5, 0.6) is 0 Å². The highest BCUT2D eigenvalue weighted by Crippen LogP contribution is 2.22. The number of nitrogens with zero attached hydrogens (tertiary/aromatic N) is 1. The van der Waals surface area contributed by atoms with Gasteiger partial charge in [0.15, 0.2) is 0 Å². The minimum atomic E-state index is 0.0135. The Bertz CT molecular complexity index is 471. The predicted octanol–water partition coefficient (Wildman–Crippen LogP) is 1.79. The van der Waals surface area contributed by atoms with E-state index in [1.165, 1.54) is 5.69 Å². The Morgan fingerprint density at radius 3 is 2.80 bits per heavy atom. The molecule has 108 valence electrons. The van der Waals surface area contributed by atoms with Gasteiger partial charge >= 0.3 is 0 Å². The third-order valence-corrected chi connectivity index (χ3v) is 4.36. The van der Waals surface area contributed by atoms with E-state index in [2.05, 4.69) is 15.5 Å². The lowest BCUT2D eigenvalue weighted by atomic mass is 10.2. The molecule has 2 atom stereocenters. The lowest BCUT2D eigenvalue weighted by Gasteiger charge is -2.20. The van der Waals surface area contributed by atoms with Gasteiger partial charge in [-0.05, 0) is 50.1 Å². The van der Waals surface area contributed by atoms with Crippen LogP contribution in [0.2, 0.25) is 5.02 Å². The van der Waals surface area contributed by atoms with Gasteiger partial charge in [0.05, 0.1) is 6.04 Å². The minimum Gasteiger partial charge on any atom is -0.369 e. The third kappa shape index (κ3) is 3.07. The minimum absolute atomic E-state index is 0.0135. The number of nitrogens with one attached hydrogen (secondary N) is 2. The summed E-state index contributed by atoms with van der Waals surface area (Å²) < 4.78 is 0. The second-order valence-corrected chi connectivity index (χ2v) is 6.00. The number of rotatable bonds is 3. The standard InChI is InChI=1S/C15H20ClN3O/c16-11-3-5-13(6-4-11)19-9-7-12(10-19)18-15(20)14-2-1-8-17-14/h3-6,12,14,17H,1-2,7-10H2,(H,18,20). The lowest BCUT2D eigenvalue weighted by molar-refractivity contribution is -0.123. The molecule has 2 aliphatic rings. The van der Waals surface area contributed by atoms with Crippen LogP contribution < -0.4 is 15.5 Å². The fourth-order valence-corrected chi connectivity index (χ4v) is 3.10. The van der Waals surface area contributed by atoms with E-state index in [4.69, 9.17) is 11.6 Å². The SMILES string of the molecule is O=C(NC1CCN(c2ccc(Cl)cc2)C1)C1CCCN1. The predicted molar refractivity (Wildman–Crippen MR) is 81.2 cm³/mol. The molecule has 1 amide bonds. The number of anilines is 1. The average Bonchev–Trinajstić information content (AvgIpc) is 3.10. The number of carbonyl (C=O) groups excluding carboxylic acids is 1. The number of carbonyl (C=O) groups is 1. The molecule has 2 unspecified atom stereocenters. The van der Waals surface area contributed by atoms with Crippen LogP contribution >= 0.6 is 11.6 Å². The largest absolute Gasteiger partial charge is 0.369 e. The Morgan fingerprint density at radius 2 is 2.10 bits per heavy atom. The van der Waals surface area contributed by atoms with E-state index >= 15 is 0 Å².